The molecule has 1 saturated carbocycles. The lowest BCUT2D eigenvalue weighted by Crippen LogP contribution is -2.44. The molecule has 1 heterocycles. The van der Waals surface area contributed by atoms with Gasteiger partial charge in [0.05, 0.1) is 12.5 Å². The van der Waals surface area contributed by atoms with E-state index >= 15 is 0 Å². The molecule has 0 radical (unpaired) electrons. The van der Waals surface area contributed by atoms with Crippen molar-refractivity contribution < 1.29 is 9.90 Å². The van der Waals surface area contributed by atoms with Crippen LogP contribution in [0, 0.1) is 17.8 Å². The van der Waals surface area contributed by atoms with Crippen molar-refractivity contribution in [2.24, 2.45) is 17.8 Å². The van der Waals surface area contributed by atoms with E-state index in [1.807, 2.05) is 0 Å². The van der Waals surface area contributed by atoms with Crippen LogP contribution in [0.3, 0.4) is 0 Å². The highest BCUT2D eigenvalue weighted by atomic mass is 16.3. The van der Waals surface area contributed by atoms with Crippen LogP contribution in [-0.2, 0) is 4.79 Å². The number of amides is 1. The zero-order chi connectivity index (χ0) is 8.55. The summed E-state index contributed by atoms with van der Waals surface area (Å²) in [5, 5.41) is 11.8. The van der Waals surface area contributed by atoms with Gasteiger partial charge in [-0.1, -0.05) is 0 Å². The van der Waals surface area contributed by atoms with Gasteiger partial charge in [0.15, 0.2) is 0 Å². The fraction of sp³-hybridized carbons (Fsp3) is 0.889. The van der Waals surface area contributed by atoms with Gasteiger partial charge in [0.1, 0.15) is 0 Å². The van der Waals surface area contributed by atoms with Crippen LogP contribution in [0.4, 0.5) is 0 Å². The quantitative estimate of drug-likeness (QED) is 0.618. The van der Waals surface area contributed by atoms with Crippen LogP contribution in [0.15, 0.2) is 0 Å². The molecular formula is C9H15NO2. The summed E-state index contributed by atoms with van der Waals surface area (Å²) in [5.41, 5.74) is 0. The SMILES string of the molecule is O=C1NCCC(C2CC2)C1CO. The van der Waals surface area contributed by atoms with Crippen molar-refractivity contribution in [1.82, 2.24) is 5.32 Å². The highest BCUT2D eigenvalue weighted by Crippen LogP contribution is 2.43. The summed E-state index contributed by atoms with van der Waals surface area (Å²) in [6, 6.07) is 0. The Morgan fingerprint density at radius 3 is 2.75 bits per heavy atom. The minimum Gasteiger partial charge on any atom is -0.396 e. The maximum absolute atomic E-state index is 11.3. The van der Waals surface area contributed by atoms with Gasteiger partial charge in [-0.05, 0) is 31.1 Å². The molecule has 2 atom stereocenters. The summed E-state index contributed by atoms with van der Waals surface area (Å²) in [5.74, 6) is 1.13. The van der Waals surface area contributed by atoms with E-state index in [4.69, 9.17) is 5.11 Å². The second-order valence-corrected chi connectivity index (χ2v) is 3.87. The molecule has 0 aromatic carbocycles. The average molecular weight is 169 g/mol. The number of nitrogens with one attached hydrogen (secondary N) is 1. The zero-order valence-corrected chi connectivity index (χ0v) is 7.12. The summed E-state index contributed by atoms with van der Waals surface area (Å²) in [7, 11) is 0. The third kappa shape index (κ3) is 1.33. The molecule has 2 fully saturated rings. The van der Waals surface area contributed by atoms with Gasteiger partial charge in [-0.15, -0.1) is 0 Å². The number of hydrogen-bond acceptors (Lipinski definition) is 2. The average Bonchev–Trinajstić information content (AvgIpc) is 2.86. The molecule has 0 aromatic heterocycles. The van der Waals surface area contributed by atoms with Gasteiger partial charge < -0.3 is 10.4 Å². The monoisotopic (exact) mass is 169 g/mol. The summed E-state index contributed by atoms with van der Waals surface area (Å²) < 4.78 is 0. The van der Waals surface area contributed by atoms with Crippen LogP contribution in [0.5, 0.6) is 0 Å². The third-order valence-electron chi connectivity index (χ3n) is 3.05. The molecular weight excluding hydrogens is 154 g/mol. The molecule has 0 bridgehead atoms. The predicted octanol–water partition coefficient (Wildman–Crippen LogP) is 0.141. The Morgan fingerprint density at radius 1 is 1.42 bits per heavy atom. The Balaban J connectivity index is 2.03. The molecule has 0 aromatic rings. The first-order chi connectivity index (χ1) is 5.83. The van der Waals surface area contributed by atoms with Crippen molar-refractivity contribution in [3.63, 3.8) is 0 Å². The third-order valence-corrected chi connectivity index (χ3v) is 3.05. The minimum atomic E-state index is -0.119. The van der Waals surface area contributed by atoms with E-state index in [2.05, 4.69) is 5.32 Å². The number of aliphatic hydroxyl groups is 1. The molecule has 1 saturated heterocycles. The fourth-order valence-corrected chi connectivity index (χ4v) is 2.20. The molecule has 2 aliphatic rings. The molecule has 2 N–H and O–H groups in total. The molecule has 68 valence electrons. The molecule has 1 aliphatic carbocycles. The van der Waals surface area contributed by atoms with Crippen molar-refractivity contribution in [3.05, 3.63) is 0 Å². The van der Waals surface area contributed by atoms with Crippen LogP contribution in [-0.4, -0.2) is 24.2 Å². The Morgan fingerprint density at radius 2 is 2.17 bits per heavy atom. The van der Waals surface area contributed by atoms with E-state index in [1.165, 1.54) is 12.8 Å². The van der Waals surface area contributed by atoms with Crippen molar-refractivity contribution in [2.75, 3.05) is 13.2 Å². The first-order valence-corrected chi connectivity index (χ1v) is 4.71. The number of rotatable bonds is 2. The molecule has 3 heteroatoms. The number of hydrogen-bond donors (Lipinski definition) is 2. The first-order valence-electron chi connectivity index (χ1n) is 4.71. The highest BCUT2D eigenvalue weighted by Gasteiger charge is 2.40. The Hall–Kier alpha value is -0.570. The zero-order valence-electron chi connectivity index (χ0n) is 7.12. The van der Waals surface area contributed by atoms with Crippen LogP contribution in [0.1, 0.15) is 19.3 Å². The maximum atomic E-state index is 11.3. The van der Waals surface area contributed by atoms with E-state index in [9.17, 15) is 4.79 Å². The predicted molar refractivity (Wildman–Crippen MR) is 44.4 cm³/mol. The fourth-order valence-electron chi connectivity index (χ4n) is 2.20. The maximum Gasteiger partial charge on any atom is 0.225 e. The van der Waals surface area contributed by atoms with Crippen LogP contribution < -0.4 is 5.32 Å². The molecule has 2 rings (SSSR count). The van der Waals surface area contributed by atoms with Gasteiger partial charge in [0.2, 0.25) is 5.91 Å². The number of carbonyl (C=O) groups is 1. The Kier molecular flexibility index (Phi) is 2.05. The smallest absolute Gasteiger partial charge is 0.225 e. The Labute approximate surface area is 72.2 Å². The molecule has 0 spiro atoms. The summed E-state index contributed by atoms with van der Waals surface area (Å²) >= 11 is 0. The normalized spacial score (nSPS) is 36.2. The Bertz CT molecular complexity index is 189. The topological polar surface area (TPSA) is 49.3 Å². The molecule has 1 aliphatic heterocycles. The lowest BCUT2D eigenvalue weighted by atomic mass is 9.83. The van der Waals surface area contributed by atoms with Gasteiger partial charge in [0, 0.05) is 6.54 Å². The number of carbonyl (C=O) groups excluding carboxylic acids is 1. The second kappa shape index (κ2) is 3.05. The van der Waals surface area contributed by atoms with Crippen molar-refractivity contribution in [2.45, 2.75) is 19.3 Å². The van der Waals surface area contributed by atoms with Gasteiger partial charge in [-0.25, -0.2) is 0 Å². The van der Waals surface area contributed by atoms with Crippen molar-refractivity contribution in [3.8, 4) is 0 Å². The largest absolute Gasteiger partial charge is 0.396 e. The van der Waals surface area contributed by atoms with Crippen LogP contribution >= 0.6 is 0 Å². The van der Waals surface area contributed by atoms with E-state index < -0.39 is 0 Å². The van der Waals surface area contributed by atoms with Gasteiger partial charge in [0.25, 0.3) is 0 Å². The standard InChI is InChI=1S/C9H15NO2/c11-5-8-7(6-1-2-6)3-4-10-9(8)12/h6-8,11H,1-5H2,(H,10,12). The number of aliphatic hydroxyl groups excluding tert-OH is 1. The van der Waals surface area contributed by atoms with E-state index in [1.54, 1.807) is 0 Å². The lowest BCUT2D eigenvalue weighted by molar-refractivity contribution is -0.130. The molecule has 1 amide bonds. The van der Waals surface area contributed by atoms with Gasteiger partial charge >= 0.3 is 0 Å². The molecule has 12 heavy (non-hydrogen) atoms. The summed E-state index contributed by atoms with van der Waals surface area (Å²) in [6.45, 7) is 0.823. The van der Waals surface area contributed by atoms with Crippen LogP contribution in [0.2, 0.25) is 0 Å². The second-order valence-electron chi connectivity index (χ2n) is 3.87. The van der Waals surface area contributed by atoms with E-state index in [0.717, 1.165) is 18.9 Å². The van der Waals surface area contributed by atoms with Crippen molar-refractivity contribution >= 4 is 5.91 Å². The van der Waals surface area contributed by atoms with E-state index in [0.29, 0.717) is 5.92 Å². The molecule has 2 unspecified atom stereocenters. The van der Waals surface area contributed by atoms with Gasteiger partial charge in [-0.2, -0.15) is 0 Å². The minimum absolute atomic E-state index is 0.0208. The summed E-state index contributed by atoms with van der Waals surface area (Å²) in [6.07, 6.45) is 3.57. The van der Waals surface area contributed by atoms with Crippen LogP contribution in [0.25, 0.3) is 0 Å². The van der Waals surface area contributed by atoms with Crippen molar-refractivity contribution in [1.29, 1.82) is 0 Å². The lowest BCUT2D eigenvalue weighted by Gasteiger charge is -2.29. The molecule has 3 nitrogen and oxygen atoms in total. The highest BCUT2D eigenvalue weighted by molar-refractivity contribution is 5.79. The number of piperidine rings is 1. The summed E-state index contributed by atoms with van der Waals surface area (Å²) in [4.78, 5) is 11.3. The van der Waals surface area contributed by atoms with Gasteiger partial charge in [-0.3, -0.25) is 4.79 Å². The first kappa shape index (κ1) is 8.05. The van der Waals surface area contributed by atoms with E-state index in [-0.39, 0.29) is 18.4 Å².